The summed E-state index contributed by atoms with van der Waals surface area (Å²) in [6.45, 7) is 6.80. The first-order valence-electron chi connectivity index (χ1n) is 9.68. The monoisotopic (exact) mass is 344 g/mol. The van der Waals surface area contributed by atoms with Gasteiger partial charge in [0.25, 0.3) is 0 Å². The molecule has 0 bridgehead atoms. The molecule has 0 spiro atoms. The molecule has 1 aromatic rings. The van der Waals surface area contributed by atoms with E-state index in [1.54, 1.807) is 0 Å². The highest BCUT2D eigenvalue weighted by atomic mass is 16.6. The predicted molar refractivity (Wildman–Crippen MR) is 101 cm³/mol. The van der Waals surface area contributed by atoms with Gasteiger partial charge in [-0.15, -0.1) is 0 Å². The van der Waals surface area contributed by atoms with Gasteiger partial charge in [-0.3, -0.25) is 0 Å². The summed E-state index contributed by atoms with van der Waals surface area (Å²) < 4.78 is 5.35. The SMILES string of the molecule is CC(C)(C)OC(=O)NC1CCC(CN[C@@H]2C[C@H]2c2ccccc2)CC1. The van der Waals surface area contributed by atoms with Crippen LogP contribution in [0.2, 0.25) is 0 Å². The van der Waals surface area contributed by atoms with E-state index in [0.717, 1.165) is 25.3 Å². The van der Waals surface area contributed by atoms with Gasteiger partial charge in [-0.05, 0) is 70.9 Å². The fraction of sp³-hybridized carbons (Fsp3) is 0.667. The van der Waals surface area contributed by atoms with E-state index < -0.39 is 5.60 Å². The van der Waals surface area contributed by atoms with E-state index >= 15 is 0 Å². The third kappa shape index (κ3) is 5.74. The van der Waals surface area contributed by atoms with E-state index in [4.69, 9.17) is 4.74 Å². The first kappa shape index (κ1) is 18.2. The summed E-state index contributed by atoms with van der Waals surface area (Å²) >= 11 is 0. The van der Waals surface area contributed by atoms with Crippen LogP contribution < -0.4 is 10.6 Å². The predicted octanol–water partition coefficient (Wildman–Crippen LogP) is 4.22. The molecule has 0 heterocycles. The summed E-state index contributed by atoms with van der Waals surface area (Å²) in [5.74, 6) is 1.43. The summed E-state index contributed by atoms with van der Waals surface area (Å²) in [4.78, 5) is 11.9. The number of hydrogen-bond donors (Lipinski definition) is 2. The Bertz CT molecular complexity index is 559. The fourth-order valence-electron chi connectivity index (χ4n) is 3.79. The first-order valence-corrected chi connectivity index (χ1v) is 9.68. The average Bonchev–Trinajstić information content (AvgIpc) is 3.33. The van der Waals surface area contributed by atoms with Gasteiger partial charge < -0.3 is 15.4 Å². The van der Waals surface area contributed by atoms with Gasteiger partial charge in [-0.25, -0.2) is 4.79 Å². The normalized spacial score (nSPS) is 29.1. The van der Waals surface area contributed by atoms with Crippen LogP contribution >= 0.6 is 0 Å². The standard InChI is InChI=1S/C21H32N2O2/c1-21(2,3)25-20(24)23-17-11-9-15(10-12-17)14-22-19-13-18(19)16-7-5-4-6-8-16/h4-8,15,17-19,22H,9-14H2,1-3H3,(H,23,24)/t15?,17?,18-,19+/m0/s1. The van der Waals surface area contributed by atoms with Crippen LogP contribution in [-0.4, -0.2) is 30.3 Å². The van der Waals surface area contributed by atoms with E-state index in [-0.39, 0.29) is 12.1 Å². The van der Waals surface area contributed by atoms with Crippen molar-refractivity contribution in [1.29, 1.82) is 0 Å². The minimum Gasteiger partial charge on any atom is -0.444 e. The summed E-state index contributed by atoms with van der Waals surface area (Å²) in [6.07, 6.45) is 5.45. The molecule has 0 radical (unpaired) electrons. The average molecular weight is 344 g/mol. The molecule has 1 amide bonds. The largest absolute Gasteiger partial charge is 0.444 e. The molecular formula is C21H32N2O2. The molecular weight excluding hydrogens is 312 g/mol. The number of hydrogen-bond acceptors (Lipinski definition) is 3. The van der Waals surface area contributed by atoms with Gasteiger partial charge in [0.15, 0.2) is 0 Å². The zero-order chi connectivity index (χ0) is 17.9. The van der Waals surface area contributed by atoms with Crippen LogP contribution in [0.15, 0.2) is 30.3 Å². The maximum atomic E-state index is 11.9. The van der Waals surface area contributed by atoms with Crippen LogP contribution in [0.3, 0.4) is 0 Å². The highest BCUT2D eigenvalue weighted by molar-refractivity contribution is 5.68. The third-order valence-corrected chi connectivity index (χ3v) is 5.25. The van der Waals surface area contributed by atoms with Crippen molar-refractivity contribution < 1.29 is 9.53 Å². The van der Waals surface area contributed by atoms with E-state index in [1.807, 2.05) is 20.8 Å². The lowest BCUT2D eigenvalue weighted by Gasteiger charge is -2.30. The van der Waals surface area contributed by atoms with Gasteiger partial charge in [-0.2, -0.15) is 0 Å². The van der Waals surface area contributed by atoms with Gasteiger partial charge in [0.2, 0.25) is 0 Å². The van der Waals surface area contributed by atoms with Gasteiger partial charge >= 0.3 is 6.09 Å². The van der Waals surface area contributed by atoms with E-state index in [9.17, 15) is 4.79 Å². The molecule has 25 heavy (non-hydrogen) atoms. The third-order valence-electron chi connectivity index (χ3n) is 5.25. The molecule has 4 nitrogen and oxygen atoms in total. The zero-order valence-electron chi connectivity index (χ0n) is 15.8. The maximum absolute atomic E-state index is 11.9. The van der Waals surface area contributed by atoms with Gasteiger partial charge in [0.1, 0.15) is 5.60 Å². The molecule has 2 saturated carbocycles. The second-order valence-corrected chi connectivity index (χ2v) is 8.63. The lowest BCUT2D eigenvalue weighted by atomic mass is 9.86. The lowest BCUT2D eigenvalue weighted by molar-refractivity contribution is 0.0487. The lowest BCUT2D eigenvalue weighted by Crippen LogP contribution is -2.41. The summed E-state index contributed by atoms with van der Waals surface area (Å²) in [6, 6.07) is 11.7. The summed E-state index contributed by atoms with van der Waals surface area (Å²) in [7, 11) is 0. The molecule has 2 N–H and O–H groups in total. The Labute approximate surface area is 151 Å². The minimum atomic E-state index is -0.426. The zero-order valence-corrected chi connectivity index (χ0v) is 15.8. The van der Waals surface area contributed by atoms with Crippen molar-refractivity contribution in [3.05, 3.63) is 35.9 Å². The van der Waals surface area contributed by atoms with Crippen molar-refractivity contribution in [2.24, 2.45) is 5.92 Å². The Hall–Kier alpha value is -1.55. The van der Waals surface area contributed by atoms with Crippen LogP contribution in [0.5, 0.6) is 0 Å². The molecule has 0 unspecified atom stereocenters. The fourth-order valence-corrected chi connectivity index (χ4v) is 3.79. The van der Waals surface area contributed by atoms with Gasteiger partial charge in [0.05, 0.1) is 0 Å². The van der Waals surface area contributed by atoms with Crippen molar-refractivity contribution in [1.82, 2.24) is 10.6 Å². The topological polar surface area (TPSA) is 50.4 Å². The molecule has 2 aliphatic carbocycles. The number of nitrogens with one attached hydrogen (secondary N) is 2. The van der Waals surface area contributed by atoms with Crippen LogP contribution in [0.1, 0.15) is 64.4 Å². The Kier molecular flexibility index (Phi) is 5.67. The number of amides is 1. The van der Waals surface area contributed by atoms with Crippen LogP contribution in [0.4, 0.5) is 4.79 Å². The molecule has 1 aromatic carbocycles. The molecule has 138 valence electrons. The number of ether oxygens (including phenoxy) is 1. The second kappa shape index (κ2) is 7.77. The van der Waals surface area contributed by atoms with Crippen molar-refractivity contribution in [3.8, 4) is 0 Å². The quantitative estimate of drug-likeness (QED) is 0.841. The highest BCUT2D eigenvalue weighted by Crippen LogP contribution is 2.40. The smallest absolute Gasteiger partial charge is 0.407 e. The van der Waals surface area contributed by atoms with Crippen LogP contribution in [0, 0.1) is 5.92 Å². The van der Waals surface area contributed by atoms with E-state index in [0.29, 0.717) is 12.0 Å². The van der Waals surface area contributed by atoms with Crippen molar-refractivity contribution >= 4 is 6.09 Å². The Morgan fingerprint density at radius 3 is 2.44 bits per heavy atom. The van der Waals surface area contributed by atoms with Crippen molar-refractivity contribution in [3.63, 3.8) is 0 Å². The van der Waals surface area contributed by atoms with E-state index in [2.05, 4.69) is 41.0 Å². The molecule has 3 rings (SSSR count). The molecule has 0 saturated heterocycles. The Morgan fingerprint density at radius 2 is 1.80 bits per heavy atom. The Balaban J connectivity index is 1.32. The molecule has 2 atom stereocenters. The van der Waals surface area contributed by atoms with Crippen molar-refractivity contribution in [2.75, 3.05) is 6.54 Å². The first-order chi connectivity index (χ1) is 11.9. The number of carbonyl (C=O) groups excluding carboxylic acids is 1. The number of rotatable bonds is 5. The van der Waals surface area contributed by atoms with Gasteiger partial charge in [0, 0.05) is 18.0 Å². The van der Waals surface area contributed by atoms with Crippen molar-refractivity contribution in [2.45, 2.75) is 76.5 Å². The minimum absolute atomic E-state index is 0.268. The van der Waals surface area contributed by atoms with Crippen LogP contribution in [0.25, 0.3) is 0 Å². The maximum Gasteiger partial charge on any atom is 0.407 e. The number of carbonyl (C=O) groups is 1. The molecule has 4 heteroatoms. The number of benzene rings is 1. The summed E-state index contributed by atoms with van der Waals surface area (Å²) in [5, 5.41) is 6.77. The Morgan fingerprint density at radius 1 is 1.12 bits per heavy atom. The van der Waals surface area contributed by atoms with Crippen LogP contribution in [-0.2, 0) is 4.74 Å². The van der Waals surface area contributed by atoms with Gasteiger partial charge in [-0.1, -0.05) is 30.3 Å². The molecule has 2 aliphatic rings. The molecule has 2 fully saturated rings. The number of alkyl carbamates (subject to hydrolysis) is 1. The summed E-state index contributed by atoms with van der Waals surface area (Å²) in [5.41, 5.74) is 1.04. The molecule has 0 aliphatic heterocycles. The van der Waals surface area contributed by atoms with E-state index in [1.165, 1.54) is 24.8 Å². The highest BCUT2D eigenvalue weighted by Gasteiger charge is 2.38. The second-order valence-electron chi connectivity index (χ2n) is 8.63. The molecule has 0 aromatic heterocycles.